The highest BCUT2D eigenvalue weighted by Gasteiger charge is 2.14. The Bertz CT molecular complexity index is 2590. The fraction of sp³-hybridized carbons (Fsp3) is 0. The first-order valence-electron chi connectivity index (χ1n) is 16.2. The number of aromatic nitrogens is 3. The van der Waals surface area contributed by atoms with Crippen LogP contribution in [0, 0.1) is 0 Å². The third kappa shape index (κ3) is 5.08. The van der Waals surface area contributed by atoms with E-state index in [9.17, 15) is 0 Å². The van der Waals surface area contributed by atoms with Crippen molar-refractivity contribution in [3.8, 4) is 56.4 Å². The summed E-state index contributed by atoms with van der Waals surface area (Å²) in [6.45, 7) is 0. The number of hydrogen-bond acceptors (Lipinski definition) is 3. The number of hydrogen-bond donors (Lipinski definition) is 0. The lowest BCUT2D eigenvalue weighted by Gasteiger charge is -2.11. The summed E-state index contributed by atoms with van der Waals surface area (Å²) >= 11 is 0. The minimum atomic E-state index is 0.645. The zero-order valence-corrected chi connectivity index (χ0v) is 26.1. The van der Waals surface area contributed by atoms with E-state index in [2.05, 4.69) is 140 Å². The molecule has 0 aliphatic heterocycles. The Kier molecular flexibility index (Phi) is 6.80. The zero-order chi connectivity index (χ0) is 31.9. The number of benzene rings is 8. The van der Waals surface area contributed by atoms with Crippen LogP contribution >= 0.6 is 0 Å². The summed E-state index contributed by atoms with van der Waals surface area (Å²) in [6, 6.07) is 61.7. The maximum absolute atomic E-state index is 5.08. The summed E-state index contributed by atoms with van der Waals surface area (Å²) in [6.07, 6.45) is 0. The van der Waals surface area contributed by atoms with Gasteiger partial charge in [-0.05, 0) is 66.7 Å². The molecule has 0 radical (unpaired) electrons. The Hall–Kier alpha value is -6.45. The first kappa shape index (κ1) is 27.8. The Morgan fingerprint density at radius 2 is 0.667 bits per heavy atom. The minimum absolute atomic E-state index is 0.645. The molecule has 9 rings (SSSR count). The van der Waals surface area contributed by atoms with Crippen LogP contribution in [-0.2, 0) is 0 Å². The average molecular weight is 612 g/mol. The van der Waals surface area contributed by atoms with E-state index >= 15 is 0 Å². The van der Waals surface area contributed by atoms with Gasteiger partial charge in [0.2, 0.25) is 0 Å². The molecule has 0 atom stereocenters. The zero-order valence-electron chi connectivity index (χ0n) is 26.1. The molecule has 8 aromatic carbocycles. The van der Waals surface area contributed by atoms with Crippen LogP contribution in [-0.4, -0.2) is 15.0 Å². The van der Waals surface area contributed by atoms with E-state index in [1.807, 2.05) is 36.4 Å². The number of nitrogens with zero attached hydrogens (tertiary/aromatic N) is 3. The molecule has 0 aliphatic rings. The fourth-order valence-electron chi connectivity index (χ4n) is 6.64. The lowest BCUT2D eigenvalue weighted by Crippen LogP contribution is -2.00. The summed E-state index contributed by atoms with van der Waals surface area (Å²) in [7, 11) is 0. The van der Waals surface area contributed by atoms with Crippen LogP contribution in [0.15, 0.2) is 176 Å². The smallest absolute Gasteiger partial charge is 0.164 e. The van der Waals surface area contributed by atoms with Crippen LogP contribution in [0.3, 0.4) is 0 Å². The van der Waals surface area contributed by atoms with Crippen molar-refractivity contribution in [2.45, 2.75) is 0 Å². The molecule has 0 N–H and O–H groups in total. The van der Waals surface area contributed by atoms with E-state index in [1.165, 1.54) is 38.1 Å². The Morgan fingerprint density at radius 3 is 1.38 bits per heavy atom. The highest BCUT2D eigenvalue weighted by atomic mass is 15.0. The largest absolute Gasteiger partial charge is 0.208 e. The quantitative estimate of drug-likeness (QED) is 0.182. The standard InChI is InChI=1S/C45H29N3/c1-3-10-30(11-4-1)31-18-20-32(21-19-31)35-15-9-16-37(28-35)44-46-43(34-13-5-2-6-14-34)47-45(48-44)38-24-25-40-36(29-38)23-27-41-39-17-8-7-12-33(39)22-26-42(40)41/h1-29H. The van der Waals surface area contributed by atoms with Gasteiger partial charge in [-0.1, -0.05) is 164 Å². The topological polar surface area (TPSA) is 38.7 Å². The Morgan fingerprint density at radius 1 is 0.229 bits per heavy atom. The van der Waals surface area contributed by atoms with Gasteiger partial charge in [0.05, 0.1) is 0 Å². The molecule has 48 heavy (non-hydrogen) atoms. The molecule has 0 saturated carbocycles. The predicted molar refractivity (Wildman–Crippen MR) is 200 cm³/mol. The van der Waals surface area contributed by atoms with Gasteiger partial charge in [0.25, 0.3) is 0 Å². The third-order valence-corrected chi connectivity index (χ3v) is 9.11. The van der Waals surface area contributed by atoms with Crippen LogP contribution in [0.2, 0.25) is 0 Å². The number of rotatable bonds is 5. The van der Waals surface area contributed by atoms with Crippen LogP contribution in [0.5, 0.6) is 0 Å². The SMILES string of the molecule is c1ccc(-c2ccc(-c3cccc(-c4nc(-c5ccccc5)nc(-c5ccc6c(ccc7c8ccccc8ccc67)c5)n4)c3)cc2)cc1. The van der Waals surface area contributed by atoms with Crippen LogP contribution < -0.4 is 0 Å². The molecule has 1 aromatic heterocycles. The highest BCUT2D eigenvalue weighted by Crippen LogP contribution is 2.34. The molecular formula is C45H29N3. The summed E-state index contributed by atoms with van der Waals surface area (Å²) in [5.74, 6) is 1.95. The van der Waals surface area contributed by atoms with Crippen molar-refractivity contribution >= 4 is 32.3 Å². The van der Waals surface area contributed by atoms with Crippen molar-refractivity contribution in [3.05, 3.63) is 176 Å². The van der Waals surface area contributed by atoms with Gasteiger partial charge in [-0.3, -0.25) is 0 Å². The molecule has 0 aliphatic carbocycles. The molecule has 0 unspecified atom stereocenters. The van der Waals surface area contributed by atoms with E-state index in [0.717, 1.165) is 33.2 Å². The van der Waals surface area contributed by atoms with Crippen molar-refractivity contribution in [1.82, 2.24) is 15.0 Å². The minimum Gasteiger partial charge on any atom is -0.208 e. The lowest BCUT2D eigenvalue weighted by atomic mass is 9.96. The van der Waals surface area contributed by atoms with Crippen molar-refractivity contribution in [1.29, 1.82) is 0 Å². The Labute approximate surface area is 278 Å². The molecule has 9 aromatic rings. The monoisotopic (exact) mass is 611 g/mol. The van der Waals surface area contributed by atoms with Crippen molar-refractivity contribution < 1.29 is 0 Å². The highest BCUT2D eigenvalue weighted by molar-refractivity contribution is 6.17. The summed E-state index contributed by atoms with van der Waals surface area (Å²) in [5.41, 5.74) is 7.51. The molecular weight excluding hydrogens is 583 g/mol. The normalized spacial score (nSPS) is 11.3. The maximum Gasteiger partial charge on any atom is 0.164 e. The Balaban J connectivity index is 1.14. The van der Waals surface area contributed by atoms with Crippen LogP contribution in [0.4, 0.5) is 0 Å². The van der Waals surface area contributed by atoms with E-state index in [-0.39, 0.29) is 0 Å². The van der Waals surface area contributed by atoms with Gasteiger partial charge in [-0.2, -0.15) is 0 Å². The van der Waals surface area contributed by atoms with Crippen molar-refractivity contribution in [2.75, 3.05) is 0 Å². The van der Waals surface area contributed by atoms with Crippen molar-refractivity contribution in [3.63, 3.8) is 0 Å². The van der Waals surface area contributed by atoms with Gasteiger partial charge in [-0.25, -0.2) is 15.0 Å². The van der Waals surface area contributed by atoms with Gasteiger partial charge in [0.1, 0.15) is 0 Å². The second-order valence-electron chi connectivity index (χ2n) is 12.1. The predicted octanol–water partition coefficient (Wildman–Crippen LogP) is 11.7. The number of fused-ring (bicyclic) bond motifs is 5. The van der Waals surface area contributed by atoms with Crippen LogP contribution in [0.1, 0.15) is 0 Å². The molecule has 0 fully saturated rings. The second kappa shape index (κ2) is 11.7. The van der Waals surface area contributed by atoms with Gasteiger partial charge in [0.15, 0.2) is 17.5 Å². The summed E-state index contributed by atoms with van der Waals surface area (Å²) < 4.78 is 0. The van der Waals surface area contributed by atoms with Crippen LogP contribution in [0.25, 0.3) is 88.7 Å². The van der Waals surface area contributed by atoms with E-state index in [0.29, 0.717) is 17.5 Å². The van der Waals surface area contributed by atoms with E-state index in [1.54, 1.807) is 0 Å². The van der Waals surface area contributed by atoms with Crippen molar-refractivity contribution in [2.24, 2.45) is 0 Å². The first-order chi connectivity index (χ1) is 23.8. The fourth-order valence-corrected chi connectivity index (χ4v) is 6.64. The third-order valence-electron chi connectivity index (χ3n) is 9.11. The lowest BCUT2D eigenvalue weighted by molar-refractivity contribution is 1.07. The molecule has 0 amide bonds. The maximum atomic E-state index is 5.08. The second-order valence-corrected chi connectivity index (χ2v) is 12.1. The van der Waals surface area contributed by atoms with E-state index in [4.69, 9.17) is 15.0 Å². The van der Waals surface area contributed by atoms with Gasteiger partial charge < -0.3 is 0 Å². The molecule has 0 saturated heterocycles. The van der Waals surface area contributed by atoms with Gasteiger partial charge in [-0.15, -0.1) is 0 Å². The molecule has 3 heteroatoms. The summed E-state index contributed by atoms with van der Waals surface area (Å²) in [4.78, 5) is 15.1. The average Bonchev–Trinajstić information content (AvgIpc) is 3.18. The first-order valence-corrected chi connectivity index (χ1v) is 16.2. The summed E-state index contributed by atoms with van der Waals surface area (Å²) in [5, 5.41) is 7.39. The van der Waals surface area contributed by atoms with E-state index < -0.39 is 0 Å². The van der Waals surface area contributed by atoms with Gasteiger partial charge in [0, 0.05) is 16.7 Å². The molecule has 0 spiro atoms. The molecule has 1 heterocycles. The molecule has 3 nitrogen and oxygen atoms in total. The van der Waals surface area contributed by atoms with Gasteiger partial charge >= 0.3 is 0 Å². The molecule has 0 bridgehead atoms. The molecule has 224 valence electrons.